The Bertz CT molecular complexity index is 445. The number of benzene rings is 1. The highest BCUT2D eigenvalue weighted by molar-refractivity contribution is 5.92. The molecule has 0 saturated carbocycles. The van der Waals surface area contributed by atoms with E-state index in [4.69, 9.17) is 9.84 Å². The van der Waals surface area contributed by atoms with E-state index in [1.54, 1.807) is 24.3 Å². The summed E-state index contributed by atoms with van der Waals surface area (Å²) in [6.45, 7) is 4.33. The quantitative estimate of drug-likeness (QED) is 0.716. The van der Waals surface area contributed by atoms with E-state index in [0.717, 1.165) is 0 Å². The van der Waals surface area contributed by atoms with Gasteiger partial charge in [0, 0.05) is 5.69 Å². The number of nitrogens with one attached hydrogen (secondary N) is 2. The van der Waals surface area contributed by atoms with Gasteiger partial charge in [-0.05, 0) is 37.6 Å². The monoisotopic (exact) mass is 280 g/mol. The van der Waals surface area contributed by atoms with Crippen molar-refractivity contribution in [2.45, 2.75) is 32.7 Å². The Hall–Kier alpha value is -2.24. The average Bonchev–Trinajstić information content (AvgIpc) is 2.40. The number of hydrogen-bond donors (Lipinski definition) is 3. The first-order valence-electron chi connectivity index (χ1n) is 6.60. The van der Waals surface area contributed by atoms with Crippen LogP contribution in [0.2, 0.25) is 0 Å². The van der Waals surface area contributed by atoms with E-state index in [-0.39, 0.29) is 0 Å². The third-order valence-electron chi connectivity index (χ3n) is 2.60. The van der Waals surface area contributed by atoms with Crippen molar-refractivity contribution in [1.82, 2.24) is 5.32 Å². The summed E-state index contributed by atoms with van der Waals surface area (Å²) < 4.78 is 5.29. The molecular formula is C14H20N2O4. The maximum Gasteiger partial charge on any atom is 0.326 e. The van der Waals surface area contributed by atoms with Crippen LogP contribution >= 0.6 is 0 Å². The molecule has 0 aliphatic heterocycles. The normalized spacial score (nSPS) is 11.5. The number of carboxylic acid groups (broad SMARTS) is 1. The van der Waals surface area contributed by atoms with Crippen LogP contribution in [0, 0.1) is 0 Å². The minimum atomic E-state index is -1.03. The summed E-state index contributed by atoms with van der Waals surface area (Å²) in [5.41, 5.74) is 0.576. The maximum atomic E-state index is 11.7. The van der Waals surface area contributed by atoms with Crippen molar-refractivity contribution >= 4 is 17.7 Å². The number of carbonyl (C=O) groups is 2. The minimum absolute atomic E-state index is 0.395. The molecule has 0 heterocycles. The van der Waals surface area contributed by atoms with Crippen molar-refractivity contribution < 1.29 is 19.4 Å². The van der Waals surface area contributed by atoms with E-state index in [9.17, 15) is 9.59 Å². The third-order valence-corrected chi connectivity index (χ3v) is 2.60. The molecule has 3 N–H and O–H groups in total. The van der Waals surface area contributed by atoms with Crippen LogP contribution in [0.25, 0.3) is 0 Å². The van der Waals surface area contributed by atoms with Gasteiger partial charge in [0.15, 0.2) is 0 Å². The number of rotatable bonds is 7. The molecular weight excluding hydrogens is 260 g/mol. The van der Waals surface area contributed by atoms with Gasteiger partial charge in [0.25, 0.3) is 0 Å². The second-order valence-corrected chi connectivity index (χ2v) is 4.24. The molecule has 6 heteroatoms. The molecule has 1 atom stereocenters. The average molecular weight is 280 g/mol. The lowest BCUT2D eigenvalue weighted by Gasteiger charge is -2.14. The fourth-order valence-electron chi connectivity index (χ4n) is 1.67. The highest BCUT2D eigenvalue weighted by Crippen LogP contribution is 2.15. The van der Waals surface area contributed by atoms with Crippen LogP contribution < -0.4 is 15.4 Å². The lowest BCUT2D eigenvalue weighted by Crippen LogP contribution is -2.42. The Morgan fingerprint density at radius 1 is 1.25 bits per heavy atom. The summed E-state index contributed by atoms with van der Waals surface area (Å²) in [7, 11) is 0. The van der Waals surface area contributed by atoms with E-state index in [1.807, 2.05) is 13.8 Å². The second-order valence-electron chi connectivity index (χ2n) is 4.24. The number of carboxylic acids is 1. The van der Waals surface area contributed by atoms with E-state index in [0.29, 0.717) is 30.9 Å². The molecule has 20 heavy (non-hydrogen) atoms. The Kier molecular flexibility index (Phi) is 6.36. The molecule has 0 aliphatic rings. The van der Waals surface area contributed by atoms with Gasteiger partial charge < -0.3 is 20.5 Å². The van der Waals surface area contributed by atoms with Gasteiger partial charge in [-0.1, -0.05) is 13.3 Å². The zero-order valence-electron chi connectivity index (χ0n) is 11.7. The Morgan fingerprint density at radius 2 is 1.90 bits per heavy atom. The van der Waals surface area contributed by atoms with Crippen LogP contribution in [0.1, 0.15) is 26.7 Å². The van der Waals surface area contributed by atoms with Gasteiger partial charge in [-0.15, -0.1) is 0 Å². The van der Waals surface area contributed by atoms with E-state index in [1.165, 1.54) is 0 Å². The molecule has 1 aromatic rings. The van der Waals surface area contributed by atoms with Crippen LogP contribution in [0.5, 0.6) is 5.75 Å². The van der Waals surface area contributed by atoms with E-state index >= 15 is 0 Å². The number of carbonyl (C=O) groups excluding carboxylic acids is 1. The smallest absolute Gasteiger partial charge is 0.326 e. The maximum absolute atomic E-state index is 11.7. The fraction of sp³-hybridized carbons (Fsp3) is 0.429. The molecule has 0 fully saturated rings. The molecule has 0 aliphatic carbocycles. The topological polar surface area (TPSA) is 87.7 Å². The van der Waals surface area contributed by atoms with Gasteiger partial charge in [0.1, 0.15) is 11.8 Å². The molecule has 0 saturated heterocycles. The van der Waals surface area contributed by atoms with Crippen molar-refractivity contribution in [3.05, 3.63) is 24.3 Å². The number of anilines is 1. The number of hydrogen-bond acceptors (Lipinski definition) is 3. The molecule has 110 valence electrons. The van der Waals surface area contributed by atoms with Crippen molar-refractivity contribution in [2.75, 3.05) is 11.9 Å². The zero-order chi connectivity index (χ0) is 15.0. The van der Waals surface area contributed by atoms with E-state index in [2.05, 4.69) is 10.6 Å². The fourth-order valence-corrected chi connectivity index (χ4v) is 1.67. The van der Waals surface area contributed by atoms with E-state index < -0.39 is 18.0 Å². The Morgan fingerprint density at radius 3 is 2.40 bits per heavy atom. The summed E-state index contributed by atoms with van der Waals surface area (Å²) in [5.74, 6) is -0.318. The van der Waals surface area contributed by atoms with Gasteiger partial charge in [-0.25, -0.2) is 9.59 Å². The molecule has 1 rings (SSSR count). The first-order chi connectivity index (χ1) is 9.56. The van der Waals surface area contributed by atoms with Gasteiger partial charge >= 0.3 is 12.0 Å². The van der Waals surface area contributed by atoms with Crippen LogP contribution in [0.4, 0.5) is 10.5 Å². The van der Waals surface area contributed by atoms with Crippen LogP contribution in [-0.2, 0) is 4.79 Å². The highest BCUT2D eigenvalue weighted by atomic mass is 16.5. The first-order valence-corrected chi connectivity index (χ1v) is 6.60. The summed E-state index contributed by atoms with van der Waals surface area (Å²) in [5, 5.41) is 14.0. The molecule has 6 nitrogen and oxygen atoms in total. The third kappa shape index (κ3) is 5.17. The Labute approximate surface area is 118 Å². The minimum Gasteiger partial charge on any atom is -0.494 e. The number of urea groups is 1. The van der Waals surface area contributed by atoms with Crippen molar-refractivity contribution in [2.24, 2.45) is 0 Å². The van der Waals surface area contributed by atoms with Crippen molar-refractivity contribution in [3.63, 3.8) is 0 Å². The first kappa shape index (κ1) is 15.8. The predicted octanol–water partition coefficient (Wildman–Crippen LogP) is 2.46. The number of amides is 2. The van der Waals surface area contributed by atoms with Gasteiger partial charge in [0.05, 0.1) is 6.61 Å². The lowest BCUT2D eigenvalue weighted by atomic mass is 10.2. The van der Waals surface area contributed by atoms with Gasteiger partial charge in [-0.2, -0.15) is 0 Å². The SMILES string of the molecule is CCC[C@H](NC(=O)Nc1ccc(OCC)cc1)C(=O)O. The standard InChI is InChI=1S/C14H20N2O4/c1-3-5-12(13(17)18)16-14(19)15-10-6-8-11(9-7-10)20-4-2/h6-9,12H,3-5H2,1-2H3,(H,17,18)(H2,15,16,19)/t12-/m0/s1. The Balaban J connectivity index is 2.54. The van der Waals surface area contributed by atoms with Crippen LogP contribution in [0.3, 0.4) is 0 Å². The molecule has 1 aromatic carbocycles. The molecule has 2 amide bonds. The molecule has 0 bridgehead atoms. The summed E-state index contributed by atoms with van der Waals surface area (Å²) in [6, 6.07) is 5.46. The summed E-state index contributed by atoms with van der Waals surface area (Å²) >= 11 is 0. The zero-order valence-corrected chi connectivity index (χ0v) is 11.7. The number of aliphatic carboxylic acids is 1. The summed E-state index contributed by atoms with van der Waals surface area (Å²) in [4.78, 5) is 22.6. The number of ether oxygens (including phenoxy) is 1. The summed E-state index contributed by atoms with van der Waals surface area (Å²) in [6.07, 6.45) is 1.08. The van der Waals surface area contributed by atoms with Crippen molar-refractivity contribution in [1.29, 1.82) is 0 Å². The molecule has 0 radical (unpaired) electrons. The largest absolute Gasteiger partial charge is 0.494 e. The lowest BCUT2D eigenvalue weighted by molar-refractivity contribution is -0.139. The van der Waals surface area contributed by atoms with Gasteiger partial charge in [0.2, 0.25) is 0 Å². The predicted molar refractivity (Wildman–Crippen MR) is 76.1 cm³/mol. The second kappa shape index (κ2) is 8.04. The van der Waals surface area contributed by atoms with Crippen LogP contribution in [0.15, 0.2) is 24.3 Å². The molecule has 0 spiro atoms. The van der Waals surface area contributed by atoms with Gasteiger partial charge in [-0.3, -0.25) is 0 Å². The van der Waals surface area contributed by atoms with Crippen LogP contribution in [-0.4, -0.2) is 29.8 Å². The highest BCUT2D eigenvalue weighted by Gasteiger charge is 2.18. The molecule has 0 aromatic heterocycles. The molecule has 0 unspecified atom stereocenters. The van der Waals surface area contributed by atoms with Crippen molar-refractivity contribution in [3.8, 4) is 5.75 Å².